The zero-order valence-corrected chi connectivity index (χ0v) is 20.2. The van der Waals surface area contributed by atoms with Crippen molar-refractivity contribution >= 4 is 10.2 Å². The standard InChI is InChI=1S/C24H29FN4O4S/c1-15-9-10-20(25)21(16(15)2)17(3)22(23-26-27-24(30)33-23)28-34(31,32)29-13-11-19(12-14-29)18-7-5-4-6-8-18/h4-10,17,19,22,28H,11-14H2,1-3H3,(H,27,30)/t17?,22-/m0/s1. The van der Waals surface area contributed by atoms with Crippen LogP contribution in [0.5, 0.6) is 0 Å². The molecule has 1 aliphatic heterocycles. The summed E-state index contributed by atoms with van der Waals surface area (Å²) in [4.78, 5) is 11.6. The summed E-state index contributed by atoms with van der Waals surface area (Å²) in [7, 11) is -3.97. The fourth-order valence-electron chi connectivity index (χ4n) is 4.66. The van der Waals surface area contributed by atoms with Gasteiger partial charge in [0.05, 0.1) is 0 Å². The number of H-pyrrole nitrogens is 1. The summed E-state index contributed by atoms with van der Waals surface area (Å²) in [5.41, 5.74) is 3.12. The molecule has 0 bridgehead atoms. The van der Waals surface area contributed by atoms with Crippen LogP contribution < -0.4 is 10.5 Å². The lowest BCUT2D eigenvalue weighted by Crippen LogP contribution is -2.46. The number of nitrogens with one attached hydrogen (secondary N) is 2. The van der Waals surface area contributed by atoms with Gasteiger partial charge >= 0.3 is 5.76 Å². The van der Waals surface area contributed by atoms with Crippen molar-refractivity contribution in [2.75, 3.05) is 13.1 Å². The molecule has 1 aliphatic rings. The molecular weight excluding hydrogens is 459 g/mol. The number of hydrogen-bond donors (Lipinski definition) is 2. The predicted molar refractivity (Wildman–Crippen MR) is 126 cm³/mol. The van der Waals surface area contributed by atoms with E-state index < -0.39 is 33.7 Å². The molecule has 1 aromatic heterocycles. The number of hydrogen-bond acceptors (Lipinski definition) is 5. The number of piperidine rings is 1. The smallest absolute Gasteiger partial charge is 0.391 e. The summed E-state index contributed by atoms with van der Waals surface area (Å²) in [6.45, 7) is 6.02. The zero-order valence-electron chi connectivity index (χ0n) is 19.4. The van der Waals surface area contributed by atoms with Crippen molar-refractivity contribution in [2.24, 2.45) is 0 Å². The summed E-state index contributed by atoms with van der Waals surface area (Å²) >= 11 is 0. The van der Waals surface area contributed by atoms with Crippen molar-refractivity contribution in [3.8, 4) is 0 Å². The van der Waals surface area contributed by atoms with Gasteiger partial charge in [-0.1, -0.05) is 43.3 Å². The average molecular weight is 489 g/mol. The Hall–Kier alpha value is -2.82. The minimum absolute atomic E-state index is 0.138. The maximum Gasteiger partial charge on any atom is 0.434 e. The summed E-state index contributed by atoms with van der Waals surface area (Å²) in [6.07, 6.45) is 1.38. The molecular formula is C24H29FN4O4S. The Kier molecular flexibility index (Phi) is 7.01. The highest BCUT2D eigenvalue weighted by Crippen LogP contribution is 2.35. The first-order chi connectivity index (χ1) is 16.2. The van der Waals surface area contributed by atoms with Crippen molar-refractivity contribution in [3.05, 3.63) is 87.0 Å². The van der Waals surface area contributed by atoms with E-state index in [0.717, 1.165) is 5.56 Å². The Morgan fingerprint density at radius 2 is 1.82 bits per heavy atom. The first-order valence-corrected chi connectivity index (χ1v) is 12.7. The molecule has 2 aromatic carbocycles. The molecule has 1 fully saturated rings. The number of aromatic nitrogens is 2. The molecule has 4 rings (SSSR count). The molecule has 2 atom stereocenters. The van der Waals surface area contributed by atoms with Gasteiger partial charge in [0.1, 0.15) is 11.9 Å². The third-order valence-corrected chi connectivity index (χ3v) is 8.35. The van der Waals surface area contributed by atoms with Gasteiger partial charge in [0.25, 0.3) is 10.2 Å². The van der Waals surface area contributed by atoms with Crippen LogP contribution in [-0.4, -0.2) is 36.0 Å². The highest BCUT2D eigenvalue weighted by Gasteiger charge is 2.36. The van der Waals surface area contributed by atoms with Gasteiger partial charge in [-0.3, -0.25) is 0 Å². The highest BCUT2D eigenvalue weighted by molar-refractivity contribution is 7.87. The molecule has 34 heavy (non-hydrogen) atoms. The number of benzene rings is 2. The van der Waals surface area contributed by atoms with Crippen LogP contribution in [0.15, 0.2) is 51.7 Å². The van der Waals surface area contributed by atoms with Crippen LogP contribution in [0.2, 0.25) is 0 Å². The third kappa shape index (κ3) is 4.98. The average Bonchev–Trinajstić information content (AvgIpc) is 3.26. The molecule has 0 saturated carbocycles. The van der Waals surface area contributed by atoms with Crippen LogP contribution >= 0.6 is 0 Å². The van der Waals surface area contributed by atoms with Crippen molar-refractivity contribution in [3.63, 3.8) is 0 Å². The summed E-state index contributed by atoms with van der Waals surface area (Å²) in [5, 5.41) is 6.02. The Balaban J connectivity index is 1.59. The molecule has 0 aliphatic carbocycles. The number of nitrogens with zero attached hydrogens (tertiary/aromatic N) is 2. The van der Waals surface area contributed by atoms with E-state index in [1.807, 2.05) is 25.1 Å². The quantitative estimate of drug-likeness (QED) is 0.528. The molecule has 10 heteroatoms. The largest absolute Gasteiger partial charge is 0.434 e. The molecule has 3 aromatic rings. The fourth-order valence-corrected chi connectivity index (χ4v) is 6.13. The van der Waals surface area contributed by atoms with Crippen LogP contribution in [0.1, 0.15) is 65.8 Å². The first-order valence-electron chi connectivity index (χ1n) is 11.3. The molecule has 2 N–H and O–H groups in total. The highest BCUT2D eigenvalue weighted by atomic mass is 32.2. The number of aryl methyl sites for hydroxylation is 1. The van der Waals surface area contributed by atoms with Gasteiger partial charge in [-0.15, -0.1) is 5.10 Å². The minimum atomic E-state index is -3.97. The molecule has 1 saturated heterocycles. The van der Waals surface area contributed by atoms with E-state index >= 15 is 0 Å². The van der Waals surface area contributed by atoms with Crippen molar-refractivity contribution in [2.45, 2.75) is 51.5 Å². The zero-order chi connectivity index (χ0) is 24.5. The van der Waals surface area contributed by atoms with Gasteiger partial charge in [-0.25, -0.2) is 14.3 Å². The second-order valence-corrected chi connectivity index (χ2v) is 10.5. The first kappa shape index (κ1) is 24.3. The van der Waals surface area contributed by atoms with E-state index in [9.17, 15) is 17.6 Å². The molecule has 0 spiro atoms. The number of rotatable bonds is 7. The van der Waals surface area contributed by atoms with Crippen LogP contribution in [0.4, 0.5) is 4.39 Å². The van der Waals surface area contributed by atoms with E-state index in [-0.39, 0.29) is 11.8 Å². The van der Waals surface area contributed by atoms with Crippen molar-refractivity contribution in [1.82, 2.24) is 19.2 Å². The van der Waals surface area contributed by atoms with Gasteiger partial charge in [-0.05, 0) is 60.9 Å². The van der Waals surface area contributed by atoms with E-state index in [1.165, 1.54) is 15.9 Å². The monoisotopic (exact) mass is 488 g/mol. The topological polar surface area (TPSA) is 108 Å². The lowest BCUT2D eigenvalue weighted by atomic mass is 9.88. The minimum Gasteiger partial charge on any atom is -0.391 e. The molecule has 2 heterocycles. The summed E-state index contributed by atoms with van der Waals surface area (Å²) in [5.74, 6) is -1.81. The lowest BCUT2D eigenvalue weighted by molar-refractivity contribution is 0.305. The van der Waals surface area contributed by atoms with E-state index in [0.29, 0.717) is 37.1 Å². The second kappa shape index (κ2) is 9.81. The van der Waals surface area contributed by atoms with Gasteiger partial charge in [0, 0.05) is 19.0 Å². The lowest BCUT2D eigenvalue weighted by Gasteiger charge is -2.33. The van der Waals surface area contributed by atoms with Crippen molar-refractivity contribution in [1.29, 1.82) is 0 Å². The van der Waals surface area contributed by atoms with Crippen LogP contribution in [0.25, 0.3) is 0 Å². The summed E-state index contributed by atoms with van der Waals surface area (Å²) < 4.78 is 50.7. The molecule has 1 unspecified atom stereocenters. The Bertz CT molecular complexity index is 1300. The fraction of sp³-hybridized carbons (Fsp3) is 0.417. The SMILES string of the molecule is Cc1ccc(F)c(C(C)[C@H](NS(=O)(=O)N2CCC(c3ccccc3)CC2)c2n[nH]c(=O)o2)c1C. The Labute approximate surface area is 198 Å². The maximum absolute atomic E-state index is 14.8. The molecule has 182 valence electrons. The second-order valence-electron chi connectivity index (χ2n) is 8.83. The van der Waals surface area contributed by atoms with E-state index in [4.69, 9.17) is 4.42 Å². The number of aromatic amines is 1. The van der Waals surface area contributed by atoms with Crippen LogP contribution in [0.3, 0.4) is 0 Å². The van der Waals surface area contributed by atoms with Gasteiger partial charge in [-0.2, -0.15) is 17.4 Å². The van der Waals surface area contributed by atoms with Gasteiger partial charge in [0.2, 0.25) is 5.89 Å². The van der Waals surface area contributed by atoms with Gasteiger partial charge in [0.15, 0.2) is 0 Å². The van der Waals surface area contributed by atoms with Gasteiger partial charge < -0.3 is 4.42 Å². The summed E-state index contributed by atoms with van der Waals surface area (Å²) in [6, 6.07) is 12.0. The Morgan fingerprint density at radius 1 is 1.15 bits per heavy atom. The van der Waals surface area contributed by atoms with E-state index in [2.05, 4.69) is 27.1 Å². The van der Waals surface area contributed by atoms with Crippen LogP contribution in [0, 0.1) is 19.7 Å². The third-order valence-electron chi connectivity index (χ3n) is 6.75. The number of halogens is 1. The maximum atomic E-state index is 14.8. The molecule has 0 radical (unpaired) electrons. The van der Waals surface area contributed by atoms with E-state index in [1.54, 1.807) is 19.9 Å². The molecule has 8 nitrogen and oxygen atoms in total. The normalized spacial score (nSPS) is 17.5. The van der Waals surface area contributed by atoms with Crippen molar-refractivity contribution < 1.29 is 17.2 Å². The molecule has 0 amide bonds. The predicted octanol–water partition coefficient (Wildman–Crippen LogP) is 3.68. The van der Waals surface area contributed by atoms with Crippen LogP contribution in [-0.2, 0) is 10.2 Å². The Morgan fingerprint density at radius 3 is 2.44 bits per heavy atom.